The third-order valence-corrected chi connectivity index (χ3v) is 3.18. The van der Waals surface area contributed by atoms with E-state index in [4.69, 9.17) is 0 Å². The summed E-state index contributed by atoms with van der Waals surface area (Å²) in [6, 6.07) is 0. The number of hydrogen-bond donors (Lipinski definition) is 0. The fourth-order valence-electron chi connectivity index (χ4n) is 1.51. The Bertz CT molecular complexity index is 248. The van der Waals surface area contributed by atoms with E-state index in [0.717, 1.165) is 24.5 Å². The second-order valence-electron chi connectivity index (χ2n) is 4.94. The first-order valence-electron chi connectivity index (χ1n) is 6.37. The van der Waals surface area contributed by atoms with E-state index >= 15 is 0 Å². The van der Waals surface area contributed by atoms with Crippen LogP contribution in [0.1, 0.15) is 47.5 Å². The fourth-order valence-corrected chi connectivity index (χ4v) is 1.51. The highest BCUT2D eigenvalue weighted by atomic mass is 14.7. The maximum atomic E-state index is 4.28. The lowest BCUT2D eigenvalue weighted by molar-refractivity contribution is 0.343. The predicted octanol–water partition coefficient (Wildman–Crippen LogP) is 4.86. The molecule has 0 bridgehead atoms. The first-order chi connectivity index (χ1) is 7.49. The zero-order chi connectivity index (χ0) is 12.6. The third-order valence-electron chi connectivity index (χ3n) is 3.18. The fraction of sp³-hybridized carbons (Fsp3) is 0.667. The average Bonchev–Trinajstić information content (AvgIpc) is 2.23. The van der Waals surface area contributed by atoms with Crippen LogP contribution in [0.5, 0.6) is 0 Å². The van der Waals surface area contributed by atoms with Crippen LogP contribution < -0.4 is 0 Å². The zero-order valence-electron chi connectivity index (χ0n) is 11.5. The lowest BCUT2D eigenvalue weighted by Crippen LogP contribution is -2.11. The summed E-state index contributed by atoms with van der Waals surface area (Å²) < 4.78 is 0. The van der Waals surface area contributed by atoms with Crippen molar-refractivity contribution in [3.8, 4) is 0 Å². The van der Waals surface area contributed by atoms with Gasteiger partial charge < -0.3 is 0 Å². The molecule has 0 aromatic carbocycles. The van der Waals surface area contributed by atoms with E-state index in [1.165, 1.54) is 0 Å². The van der Waals surface area contributed by atoms with Gasteiger partial charge in [0.15, 0.2) is 0 Å². The van der Waals surface area contributed by atoms with Gasteiger partial charge in [-0.15, -0.1) is 0 Å². The van der Waals surface area contributed by atoms with Crippen molar-refractivity contribution >= 4 is 6.21 Å². The SMILES string of the molecule is C=C(CCC)N=C/C=C\C(C)C(C)C(C)C. The Morgan fingerprint density at radius 3 is 2.38 bits per heavy atom. The topological polar surface area (TPSA) is 12.4 Å². The first-order valence-corrected chi connectivity index (χ1v) is 6.37. The van der Waals surface area contributed by atoms with Gasteiger partial charge in [0.25, 0.3) is 0 Å². The van der Waals surface area contributed by atoms with Gasteiger partial charge in [0.2, 0.25) is 0 Å². The molecule has 0 heterocycles. The number of nitrogens with zero attached hydrogens (tertiary/aromatic N) is 1. The van der Waals surface area contributed by atoms with E-state index in [-0.39, 0.29) is 0 Å². The quantitative estimate of drug-likeness (QED) is 0.545. The molecule has 1 nitrogen and oxygen atoms in total. The van der Waals surface area contributed by atoms with Gasteiger partial charge in [-0.2, -0.15) is 0 Å². The summed E-state index contributed by atoms with van der Waals surface area (Å²) in [6.07, 6.45) is 8.24. The van der Waals surface area contributed by atoms with E-state index in [0.29, 0.717) is 11.8 Å². The maximum Gasteiger partial charge on any atom is 0.0331 e. The van der Waals surface area contributed by atoms with Crippen LogP contribution in [-0.2, 0) is 0 Å². The van der Waals surface area contributed by atoms with Crippen molar-refractivity contribution in [2.24, 2.45) is 22.7 Å². The third kappa shape index (κ3) is 6.60. The Hall–Kier alpha value is -0.850. The molecule has 0 N–H and O–H groups in total. The summed E-state index contributed by atoms with van der Waals surface area (Å²) in [5, 5.41) is 0. The van der Waals surface area contributed by atoms with Gasteiger partial charge in [-0.05, 0) is 30.3 Å². The van der Waals surface area contributed by atoms with Crippen molar-refractivity contribution < 1.29 is 0 Å². The average molecular weight is 221 g/mol. The summed E-state index contributed by atoms with van der Waals surface area (Å²) in [6.45, 7) is 15.1. The van der Waals surface area contributed by atoms with Crippen LogP contribution in [0, 0.1) is 17.8 Å². The summed E-state index contributed by atoms with van der Waals surface area (Å²) >= 11 is 0. The molecule has 0 amide bonds. The molecule has 1 heteroatoms. The Morgan fingerprint density at radius 1 is 1.25 bits per heavy atom. The van der Waals surface area contributed by atoms with Crippen LogP contribution in [0.2, 0.25) is 0 Å². The second-order valence-corrected chi connectivity index (χ2v) is 4.94. The summed E-state index contributed by atoms with van der Waals surface area (Å²) in [7, 11) is 0. The van der Waals surface area contributed by atoms with E-state index in [1.807, 2.05) is 12.3 Å². The molecule has 0 rings (SSSR count). The van der Waals surface area contributed by atoms with E-state index < -0.39 is 0 Å². The largest absolute Gasteiger partial charge is 0.262 e. The molecule has 0 spiro atoms. The molecular formula is C15H27N. The Balaban J connectivity index is 4.05. The molecule has 92 valence electrons. The van der Waals surface area contributed by atoms with Crippen LogP contribution in [0.3, 0.4) is 0 Å². The molecule has 0 saturated carbocycles. The summed E-state index contributed by atoms with van der Waals surface area (Å²) in [4.78, 5) is 4.28. The molecule has 0 aliphatic heterocycles. The molecule has 0 radical (unpaired) electrons. The van der Waals surface area contributed by atoms with E-state index in [9.17, 15) is 0 Å². The van der Waals surface area contributed by atoms with Gasteiger partial charge in [0.1, 0.15) is 0 Å². The zero-order valence-corrected chi connectivity index (χ0v) is 11.5. The lowest BCUT2D eigenvalue weighted by atomic mass is 9.86. The lowest BCUT2D eigenvalue weighted by Gasteiger charge is -2.20. The minimum atomic E-state index is 0.603. The van der Waals surface area contributed by atoms with Gasteiger partial charge >= 0.3 is 0 Å². The minimum Gasteiger partial charge on any atom is -0.262 e. The van der Waals surface area contributed by atoms with Crippen LogP contribution in [-0.4, -0.2) is 6.21 Å². The first kappa shape index (κ1) is 15.2. The van der Waals surface area contributed by atoms with Crippen molar-refractivity contribution in [1.29, 1.82) is 0 Å². The molecule has 2 atom stereocenters. The van der Waals surface area contributed by atoms with Gasteiger partial charge in [-0.3, -0.25) is 4.99 Å². The Kier molecular flexibility index (Phi) is 7.88. The molecular weight excluding hydrogens is 194 g/mol. The monoisotopic (exact) mass is 221 g/mol. The normalized spacial score (nSPS) is 16.1. The molecule has 2 unspecified atom stereocenters. The van der Waals surface area contributed by atoms with Crippen LogP contribution in [0.4, 0.5) is 0 Å². The van der Waals surface area contributed by atoms with Crippen LogP contribution >= 0.6 is 0 Å². The minimum absolute atomic E-state index is 0.603. The number of rotatable bonds is 7. The highest BCUT2D eigenvalue weighted by molar-refractivity contribution is 5.72. The molecule has 0 saturated heterocycles. The Labute approximate surface area is 101 Å². The molecule has 0 aromatic heterocycles. The molecule has 16 heavy (non-hydrogen) atoms. The highest BCUT2D eigenvalue weighted by Gasteiger charge is 2.12. The van der Waals surface area contributed by atoms with Gasteiger partial charge in [-0.25, -0.2) is 0 Å². The summed E-state index contributed by atoms with van der Waals surface area (Å²) in [5.41, 5.74) is 0.969. The predicted molar refractivity (Wildman–Crippen MR) is 74.8 cm³/mol. The number of aliphatic imine (C=N–C) groups is 1. The Morgan fingerprint density at radius 2 is 1.88 bits per heavy atom. The van der Waals surface area contributed by atoms with E-state index in [1.54, 1.807) is 0 Å². The van der Waals surface area contributed by atoms with Gasteiger partial charge in [0, 0.05) is 11.9 Å². The van der Waals surface area contributed by atoms with Gasteiger partial charge in [-0.1, -0.05) is 53.7 Å². The van der Waals surface area contributed by atoms with Crippen LogP contribution in [0.15, 0.2) is 29.4 Å². The second kappa shape index (κ2) is 8.32. The maximum absolute atomic E-state index is 4.28. The van der Waals surface area contributed by atoms with Crippen molar-refractivity contribution in [3.05, 3.63) is 24.4 Å². The molecule has 0 fully saturated rings. The van der Waals surface area contributed by atoms with E-state index in [2.05, 4.69) is 52.3 Å². The molecule has 0 aromatic rings. The molecule has 0 aliphatic carbocycles. The number of allylic oxidation sites excluding steroid dienone is 3. The van der Waals surface area contributed by atoms with Crippen molar-refractivity contribution in [2.45, 2.75) is 47.5 Å². The molecule has 0 aliphatic rings. The van der Waals surface area contributed by atoms with Crippen molar-refractivity contribution in [1.82, 2.24) is 0 Å². The summed E-state index contributed by atoms with van der Waals surface area (Å²) in [5.74, 6) is 2.04. The standard InChI is InChI=1S/C15H27N/c1-7-9-14(5)16-11-8-10-13(4)15(6)12(2)3/h8,10-13,15H,5,7,9H2,1-4,6H3/b10-8-,16-11?. The van der Waals surface area contributed by atoms with Crippen molar-refractivity contribution in [2.75, 3.05) is 0 Å². The highest BCUT2D eigenvalue weighted by Crippen LogP contribution is 2.20. The number of hydrogen-bond acceptors (Lipinski definition) is 1. The smallest absolute Gasteiger partial charge is 0.0331 e. The van der Waals surface area contributed by atoms with Gasteiger partial charge in [0.05, 0.1) is 0 Å². The van der Waals surface area contributed by atoms with Crippen LogP contribution in [0.25, 0.3) is 0 Å². The van der Waals surface area contributed by atoms with Crippen molar-refractivity contribution in [3.63, 3.8) is 0 Å².